The monoisotopic (exact) mass is 564 g/mol. The van der Waals surface area contributed by atoms with Crippen LogP contribution in [-0.2, 0) is 17.8 Å². The summed E-state index contributed by atoms with van der Waals surface area (Å²) in [6.07, 6.45) is 3.77. The first-order chi connectivity index (χ1) is 18.8. The molecule has 10 heteroatoms. The van der Waals surface area contributed by atoms with Gasteiger partial charge in [0.05, 0.1) is 0 Å². The zero-order chi connectivity index (χ0) is 27.5. The number of nitrogens with zero attached hydrogens (tertiary/aromatic N) is 3. The number of aryl methyl sites for hydroxylation is 2. The first-order valence-electron chi connectivity index (χ1n) is 14.3. The number of nitrogens with one attached hydrogen (secondary N) is 1. The van der Waals surface area contributed by atoms with E-state index in [4.69, 9.17) is 10.1 Å². The van der Waals surface area contributed by atoms with Crippen molar-refractivity contribution in [2.75, 3.05) is 25.4 Å². The van der Waals surface area contributed by atoms with Crippen molar-refractivity contribution in [1.82, 2.24) is 14.2 Å². The van der Waals surface area contributed by atoms with Gasteiger partial charge in [-0.3, -0.25) is 14.1 Å². The Balaban J connectivity index is 1.09. The fourth-order valence-corrected chi connectivity index (χ4v) is 7.39. The first-order valence-corrected chi connectivity index (χ1v) is 15.2. The summed E-state index contributed by atoms with van der Waals surface area (Å²) in [6, 6.07) is 8.59. The van der Waals surface area contributed by atoms with Crippen LogP contribution < -0.4 is 5.32 Å². The number of alkyl halides is 3. The van der Waals surface area contributed by atoms with Crippen molar-refractivity contribution < 1.29 is 23.1 Å². The fraction of sp³-hybridized carbons (Fsp3) is 0.655. The highest BCUT2D eigenvalue weighted by Crippen LogP contribution is 2.38. The minimum absolute atomic E-state index is 0.00117. The topological polar surface area (TPSA) is 69.9 Å². The number of aromatic nitrogens is 1. The van der Waals surface area contributed by atoms with Gasteiger partial charge in [0, 0.05) is 61.4 Å². The lowest BCUT2D eigenvalue weighted by atomic mass is 9.79. The van der Waals surface area contributed by atoms with E-state index in [1.54, 1.807) is 0 Å². The number of aliphatic imine (C=N–C) groups is 1. The molecule has 3 heterocycles. The van der Waals surface area contributed by atoms with Crippen LogP contribution in [0.2, 0.25) is 0 Å². The van der Waals surface area contributed by atoms with Crippen LogP contribution >= 0.6 is 11.9 Å². The van der Waals surface area contributed by atoms with Crippen molar-refractivity contribution in [2.45, 2.75) is 82.5 Å². The smallest absolute Gasteiger partial charge is 0.389 e. The Labute approximate surface area is 232 Å². The number of rotatable bonds is 10. The summed E-state index contributed by atoms with van der Waals surface area (Å²) in [5.74, 6) is 2.01. The van der Waals surface area contributed by atoms with Crippen LogP contribution in [0.4, 0.5) is 13.2 Å². The molecule has 6 nitrogen and oxygen atoms in total. The molecule has 0 atom stereocenters. The molecule has 0 bridgehead atoms. The highest BCUT2D eigenvalue weighted by molar-refractivity contribution is 7.97. The van der Waals surface area contributed by atoms with Crippen LogP contribution in [0.1, 0.15) is 63.4 Å². The number of amides is 1. The molecule has 1 spiro atoms. The maximum atomic E-state index is 13.0. The van der Waals surface area contributed by atoms with Gasteiger partial charge in [0.25, 0.3) is 5.91 Å². The molecule has 2 N–H and O–H groups in total. The number of aliphatic hydroxyl groups is 1. The largest absolute Gasteiger partial charge is 0.396 e. The Hall–Kier alpha value is -2.04. The van der Waals surface area contributed by atoms with Crippen LogP contribution in [-0.4, -0.2) is 62.9 Å². The second-order valence-corrected chi connectivity index (χ2v) is 12.5. The Morgan fingerprint density at radius 3 is 2.62 bits per heavy atom. The van der Waals surface area contributed by atoms with E-state index >= 15 is 0 Å². The molecule has 1 saturated carbocycles. The number of amidine groups is 1. The molecule has 3 aliphatic rings. The highest BCUT2D eigenvalue weighted by atomic mass is 32.2. The highest BCUT2D eigenvalue weighted by Gasteiger charge is 2.47. The lowest BCUT2D eigenvalue weighted by Crippen LogP contribution is -2.47. The minimum atomic E-state index is -4.08. The maximum Gasteiger partial charge on any atom is 0.389 e. The third-order valence-electron chi connectivity index (χ3n) is 8.72. The van der Waals surface area contributed by atoms with Crippen LogP contribution in [0, 0.1) is 11.8 Å². The van der Waals surface area contributed by atoms with E-state index in [-0.39, 0.29) is 30.8 Å². The number of piperidine rings is 1. The van der Waals surface area contributed by atoms with E-state index in [0.29, 0.717) is 12.8 Å². The van der Waals surface area contributed by atoms with E-state index in [1.165, 1.54) is 16.5 Å². The Morgan fingerprint density at radius 2 is 1.90 bits per heavy atom. The lowest BCUT2D eigenvalue weighted by molar-refractivity contribution is -0.138. The zero-order valence-corrected chi connectivity index (χ0v) is 23.2. The average Bonchev–Trinajstić information content (AvgIpc) is 3.48. The van der Waals surface area contributed by atoms with Crippen molar-refractivity contribution in [1.29, 1.82) is 0 Å². The SMILES string of the molecule is O=C1NC(C2CCC(CCC(F)(F)F)CC2)=NC12CCN(SCCc1cccc3c1ccn3CCCO)CC2. The normalized spacial score (nSPS) is 23.9. The quantitative estimate of drug-likeness (QED) is 0.362. The van der Waals surface area contributed by atoms with Crippen LogP contribution in [0.5, 0.6) is 0 Å². The summed E-state index contributed by atoms with van der Waals surface area (Å²) >= 11 is 1.83. The number of hydrogen-bond acceptors (Lipinski definition) is 5. The molecule has 2 fully saturated rings. The first kappa shape index (κ1) is 28.5. The molecule has 1 aromatic heterocycles. The summed E-state index contributed by atoms with van der Waals surface area (Å²) in [7, 11) is 0. The van der Waals surface area contributed by atoms with Crippen molar-refractivity contribution in [2.24, 2.45) is 16.8 Å². The van der Waals surface area contributed by atoms with E-state index in [2.05, 4.69) is 44.7 Å². The van der Waals surface area contributed by atoms with Gasteiger partial charge in [-0.05, 0) is 81.4 Å². The Morgan fingerprint density at radius 1 is 1.13 bits per heavy atom. The molecule has 1 saturated heterocycles. The fourth-order valence-electron chi connectivity index (χ4n) is 6.38. The summed E-state index contributed by atoms with van der Waals surface area (Å²) in [5, 5.41) is 13.5. The molecule has 0 unspecified atom stereocenters. The van der Waals surface area contributed by atoms with Crippen LogP contribution in [0.3, 0.4) is 0 Å². The van der Waals surface area contributed by atoms with Gasteiger partial charge in [0.15, 0.2) is 0 Å². The predicted molar refractivity (Wildman–Crippen MR) is 150 cm³/mol. The predicted octanol–water partition coefficient (Wildman–Crippen LogP) is 5.73. The number of aliphatic hydroxyl groups excluding tert-OH is 1. The molecule has 0 radical (unpaired) electrons. The van der Waals surface area contributed by atoms with Gasteiger partial charge >= 0.3 is 6.18 Å². The molecule has 214 valence electrons. The van der Waals surface area contributed by atoms with Crippen LogP contribution in [0.15, 0.2) is 35.5 Å². The molecule has 2 aromatic rings. The minimum Gasteiger partial charge on any atom is -0.396 e. The number of benzene rings is 1. The van der Waals surface area contributed by atoms with E-state index < -0.39 is 18.1 Å². The summed E-state index contributed by atoms with van der Waals surface area (Å²) in [4.78, 5) is 17.9. The van der Waals surface area contributed by atoms with Gasteiger partial charge in [0.2, 0.25) is 0 Å². The Kier molecular flexibility index (Phi) is 8.93. The van der Waals surface area contributed by atoms with E-state index in [1.807, 2.05) is 11.9 Å². The van der Waals surface area contributed by atoms with Gasteiger partial charge in [-0.2, -0.15) is 13.2 Å². The summed E-state index contributed by atoms with van der Waals surface area (Å²) < 4.78 is 42.2. The molecule has 1 aliphatic carbocycles. The van der Waals surface area contributed by atoms with E-state index in [9.17, 15) is 18.0 Å². The van der Waals surface area contributed by atoms with Crippen molar-refractivity contribution in [3.05, 3.63) is 36.0 Å². The molecular weight excluding hydrogens is 525 g/mol. The van der Waals surface area contributed by atoms with E-state index in [0.717, 1.165) is 69.7 Å². The van der Waals surface area contributed by atoms with Gasteiger partial charge in [-0.25, -0.2) is 0 Å². The molecule has 1 amide bonds. The second-order valence-electron chi connectivity index (χ2n) is 11.3. The summed E-state index contributed by atoms with van der Waals surface area (Å²) in [5.41, 5.74) is 1.86. The van der Waals surface area contributed by atoms with Gasteiger partial charge in [0.1, 0.15) is 11.4 Å². The molecule has 1 aromatic carbocycles. The number of fused-ring (bicyclic) bond motifs is 1. The summed E-state index contributed by atoms with van der Waals surface area (Å²) in [6.45, 7) is 2.62. The lowest BCUT2D eigenvalue weighted by Gasteiger charge is -2.34. The van der Waals surface area contributed by atoms with Crippen molar-refractivity contribution in [3.63, 3.8) is 0 Å². The Bertz CT molecular complexity index is 1160. The second kappa shape index (κ2) is 12.2. The number of carbonyl (C=O) groups is 1. The molecule has 5 rings (SSSR count). The number of carbonyl (C=O) groups excluding carboxylic acids is 1. The number of halogens is 3. The number of hydrogen-bond donors (Lipinski definition) is 2. The van der Waals surface area contributed by atoms with Crippen LogP contribution in [0.25, 0.3) is 10.9 Å². The third kappa shape index (κ3) is 6.82. The van der Waals surface area contributed by atoms with Gasteiger partial charge in [-0.15, -0.1) is 0 Å². The average molecular weight is 565 g/mol. The molecular formula is C29H39F3N4O2S. The van der Waals surface area contributed by atoms with Gasteiger partial charge < -0.3 is 15.0 Å². The third-order valence-corrected chi connectivity index (χ3v) is 9.84. The molecule has 2 aliphatic heterocycles. The standard InChI is InChI=1S/C29H39F3N4O2S/c30-29(31,32)12-9-21-5-7-23(8-6-21)26-33-27(38)28(34-26)13-17-36(18-14-28)39-20-11-22-3-1-4-25-24(22)10-16-35(25)15-2-19-37/h1,3-4,10,16,21,23,37H,2,5-9,11-15,17-20H2,(H,33,34,38). The van der Waals surface area contributed by atoms with Crippen molar-refractivity contribution in [3.8, 4) is 0 Å². The van der Waals surface area contributed by atoms with Crippen molar-refractivity contribution >= 4 is 34.6 Å². The van der Waals surface area contributed by atoms with Gasteiger partial charge in [-0.1, -0.05) is 24.1 Å². The maximum absolute atomic E-state index is 13.0. The molecule has 39 heavy (non-hydrogen) atoms. The zero-order valence-electron chi connectivity index (χ0n) is 22.4.